The molecule has 0 saturated carbocycles. The van der Waals surface area contributed by atoms with Crippen LogP contribution in [0.2, 0.25) is 0 Å². The van der Waals surface area contributed by atoms with Crippen LogP contribution in [0.1, 0.15) is 37.0 Å². The fraction of sp³-hybridized carbons (Fsp3) is 0.409. The van der Waals surface area contributed by atoms with Crippen LogP contribution in [0.3, 0.4) is 0 Å². The molecule has 2 aromatic carbocycles. The standard InChI is InChI=1S/C22H28N2O3/c1-3-26-19-10-6-7-11-20(19)27-18-9-5-4-8-17(18)21(25)24-16-22(2)12-14-23-15-13-22/h4-11,23H,3,12-16H2,1-2H3,(H,24,25). The number of amides is 1. The van der Waals surface area contributed by atoms with Crippen LogP contribution in [0, 0.1) is 5.41 Å². The summed E-state index contributed by atoms with van der Waals surface area (Å²) < 4.78 is 11.7. The molecular formula is C22H28N2O3. The van der Waals surface area contributed by atoms with Gasteiger partial charge in [-0.05, 0) is 62.5 Å². The van der Waals surface area contributed by atoms with Gasteiger partial charge in [0.05, 0.1) is 12.2 Å². The van der Waals surface area contributed by atoms with Crippen LogP contribution in [-0.4, -0.2) is 32.1 Å². The summed E-state index contributed by atoms with van der Waals surface area (Å²) in [6, 6.07) is 14.8. The highest BCUT2D eigenvalue weighted by Gasteiger charge is 2.27. The van der Waals surface area contributed by atoms with Crippen molar-refractivity contribution in [3.8, 4) is 17.2 Å². The zero-order chi connectivity index (χ0) is 19.1. The van der Waals surface area contributed by atoms with Crippen molar-refractivity contribution in [3.63, 3.8) is 0 Å². The van der Waals surface area contributed by atoms with E-state index in [9.17, 15) is 4.79 Å². The quantitative estimate of drug-likeness (QED) is 0.776. The summed E-state index contributed by atoms with van der Waals surface area (Å²) in [5.74, 6) is 1.68. The van der Waals surface area contributed by atoms with Crippen molar-refractivity contribution < 1.29 is 14.3 Å². The van der Waals surface area contributed by atoms with Gasteiger partial charge < -0.3 is 20.1 Å². The lowest BCUT2D eigenvalue weighted by atomic mass is 9.81. The van der Waals surface area contributed by atoms with Crippen LogP contribution in [-0.2, 0) is 0 Å². The van der Waals surface area contributed by atoms with Crippen LogP contribution < -0.4 is 20.1 Å². The van der Waals surface area contributed by atoms with E-state index in [2.05, 4.69) is 17.6 Å². The average Bonchev–Trinajstić information content (AvgIpc) is 2.69. The molecule has 0 aliphatic carbocycles. The van der Waals surface area contributed by atoms with Gasteiger partial charge in [0.1, 0.15) is 5.75 Å². The molecule has 0 bridgehead atoms. The van der Waals surface area contributed by atoms with Crippen molar-refractivity contribution in [2.75, 3.05) is 26.2 Å². The van der Waals surface area contributed by atoms with Crippen LogP contribution >= 0.6 is 0 Å². The third-order valence-corrected chi connectivity index (χ3v) is 4.99. The maximum Gasteiger partial charge on any atom is 0.255 e. The van der Waals surface area contributed by atoms with E-state index in [-0.39, 0.29) is 11.3 Å². The summed E-state index contributed by atoms with van der Waals surface area (Å²) in [4.78, 5) is 12.8. The summed E-state index contributed by atoms with van der Waals surface area (Å²) in [6.07, 6.45) is 2.13. The number of benzene rings is 2. The molecule has 1 aliphatic rings. The van der Waals surface area contributed by atoms with Gasteiger partial charge in [0.25, 0.3) is 5.91 Å². The van der Waals surface area contributed by atoms with Crippen molar-refractivity contribution >= 4 is 5.91 Å². The highest BCUT2D eigenvalue weighted by atomic mass is 16.5. The van der Waals surface area contributed by atoms with Gasteiger partial charge in [-0.1, -0.05) is 31.2 Å². The largest absolute Gasteiger partial charge is 0.490 e. The second-order valence-electron chi connectivity index (χ2n) is 7.22. The minimum atomic E-state index is -0.112. The van der Waals surface area contributed by atoms with Crippen LogP contribution in [0.25, 0.3) is 0 Å². The first kappa shape index (κ1) is 19.2. The molecule has 0 spiro atoms. The van der Waals surface area contributed by atoms with Gasteiger partial charge in [0.2, 0.25) is 0 Å². The fourth-order valence-corrected chi connectivity index (χ4v) is 3.27. The van der Waals surface area contributed by atoms with Gasteiger partial charge in [0, 0.05) is 6.54 Å². The Hall–Kier alpha value is -2.53. The molecule has 3 rings (SSSR count). The molecular weight excluding hydrogens is 340 g/mol. The number of rotatable bonds is 7. The molecule has 2 aromatic rings. The zero-order valence-electron chi connectivity index (χ0n) is 16.1. The lowest BCUT2D eigenvalue weighted by Gasteiger charge is -2.34. The number of carbonyl (C=O) groups is 1. The first-order chi connectivity index (χ1) is 13.1. The molecule has 0 unspecified atom stereocenters. The predicted octanol–water partition coefficient (Wildman–Crippen LogP) is 4.00. The molecule has 1 aliphatic heterocycles. The molecule has 2 N–H and O–H groups in total. The Labute approximate surface area is 161 Å². The molecule has 0 aromatic heterocycles. The van der Waals surface area contributed by atoms with E-state index >= 15 is 0 Å². The zero-order valence-corrected chi connectivity index (χ0v) is 16.1. The molecule has 1 heterocycles. The van der Waals surface area contributed by atoms with Gasteiger partial charge in [0.15, 0.2) is 11.5 Å². The second-order valence-corrected chi connectivity index (χ2v) is 7.22. The summed E-state index contributed by atoms with van der Waals surface area (Å²) in [7, 11) is 0. The van der Waals surface area contributed by atoms with Crippen molar-refractivity contribution in [1.82, 2.24) is 10.6 Å². The number of hydrogen-bond donors (Lipinski definition) is 2. The predicted molar refractivity (Wildman–Crippen MR) is 107 cm³/mol. The molecule has 1 amide bonds. The third kappa shape index (κ3) is 5.01. The highest BCUT2D eigenvalue weighted by Crippen LogP contribution is 2.33. The minimum Gasteiger partial charge on any atom is -0.490 e. The van der Waals surface area contributed by atoms with Gasteiger partial charge in [-0.25, -0.2) is 0 Å². The number of hydrogen-bond acceptors (Lipinski definition) is 4. The Morgan fingerprint density at radius 3 is 2.37 bits per heavy atom. The Balaban J connectivity index is 1.73. The van der Waals surface area contributed by atoms with Gasteiger partial charge >= 0.3 is 0 Å². The van der Waals surface area contributed by atoms with Crippen LogP contribution in [0.15, 0.2) is 48.5 Å². The lowest BCUT2D eigenvalue weighted by Crippen LogP contribution is -2.42. The lowest BCUT2D eigenvalue weighted by molar-refractivity contribution is 0.0920. The second kappa shape index (κ2) is 8.91. The number of piperidine rings is 1. The normalized spacial score (nSPS) is 15.8. The van der Waals surface area contributed by atoms with Crippen molar-refractivity contribution in [2.45, 2.75) is 26.7 Å². The van der Waals surface area contributed by atoms with Crippen molar-refractivity contribution in [2.24, 2.45) is 5.41 Å². The van der Waals surface area contributed by atoms with Crippen molar-refractivity contribution in [1.29, 1.82) is 0 Å². The Morgan fingerprint density at radius 2 is 1.67 bits per heavy atom. The summed E-state index contributed by atoms with van der Waals surface area (Å²) in [6.45, 7) is 7.38. The summed E-state index contributed by atoms with van der Waals surface area (Å²) in [5, 5.41) is 6.46. The van der Waals surface area contributed by atoms with Gasteiger partial charge in [-0.3, -0.25) is 4.79 Å². The topological polar surface area (TPSA) is 59.6 Å². The van der Waals surface area contributed by atoms with E-state index in [0.717, 1.165) is 25.9 Å². The maximum absolute atomic E-state index is 12.8. The molecule has 0 radical (unpaired) electrons. The Bertz CT molecular complexity index is 770. The number of para-hydroxylation sites is 3. The number of ether oxygens (including phenoxy) is 2. The van der Waals surface area contributed by atoms with Gasteiger partial charge in [-0.2, -0.15) is 0 Å². The SMILES string of the molecule is CCOc1ccccc1Oc1ccccc1C(=O)NCC1(C)CCNCC1. The fourth-order valence-electron chi connectivity index (χ4n) is 3.27. The summed E-state index contributed by atoms with van der Waals surface area (Å²) in [5.41, 5.74) is 0.666. The average molecular weight is 368 g/mol. The molecule has 1 fully saturated rings. The maximum atomic E-state index is 12.8. The molecule has 1 saturated heterocycles. The van der Waals surface area contributed by atoms with Crippen molar-refractivity contribution in [3.05, 3.63) is 54.1 Å². The molecule has 5 heteroatoms. The van der Waals surface area contributed by atoms with E-state index < -0.39 is 0 Å². The first-order valence-corrected chi connectivity index (χ1v) is 9.59. The van der Waals surface area contributed by atoms with E-state index in [1.54, 1.807) is 6.07 Å². The summed E-state index contributed by atoms with van der Waals surface area (Å²) >= 11 is 0. The molecule has 27 heavy (non-hydrogen) atoms. The minimum absolute atomic E-state index is 0.112. The number of nitrogens with one attached hydrogen (secondary N) is 2. The Kier molecular flexibility index (Phi) is 6.35. The monoisotopic (exact) mass is 368 g/mol. The van der Waals surface area contributed by atoms with E-state index in [0.29, 0.717) is 36.0 Å². The van der Waals surface area contributed by atoms with E-state index in [4.69, 9.17) is 9.47 Å². The van der Waals surface area contributed by atoms with E-state index in [1.165, 1.54) is 0 Å². The molecule has 144 valence electrons. The third-order valence-electron chi connectivity index (χ3n) is 4.99. The first-order valence-electron chi connectivity index (χ1n) is 9.59. The number of carbonyl (C=O) groups excluding carboxylic acids is 1. The van der Waals surface area contributed by atoms with Gasteiger partial charge in [-0.15, -0.1) is 0 Å². The highest BCUT2D eigenvalue weighted by molar-refractivity contribution is 5.97. The molecule has 0 atom stereocenters. The molecule has 5 nitrogen and oxygen atoms in total. The Morgan fingerprint density at radius 1 is 1.04 bits per heavy atom. The smallest absolute Gasteiger partial charge is 0.255 e. The van der Waals surface area contributed by atoms with Crippen LogP contribution in [0.4, 0.5) is 0 Å². The van der Waals surface area contributed by atoms with E-state index in [1.807, 2.05) is 49.4 Å². The van der Waals surface area contributed by atoms with Crippen LogP contribution in [0.5, 0.6) is 17.2 Å².